The smallest absolute Gasteiger partial charge is 0.444 e. The van der Waals surface area contributed by atoms with Crippen LogP contribution in [0, 0.1) is 31.6 Å². The molecule has 68 heavy (non-hydrogen) atoms. The molecule has 0 bridgehead atoms. The normalized spacial score (nSPS) is 19.7. The zero-order valence-corrected chi connectivity index (χ0v) is 43.1. The van der Waals surface area contributed by atoms with Crippen LogP contribution in [0.4, 0.5) is 25.6 Å². The number of pyridine rings is 2. The first-order valence-electron chi connectivity index (χ1n) is 22.9. The number of carbonyl (C=O) groups excluding carboxylic acids is 4. The standard InChI is InChI=1S/C23H29N3O3.C19H30BNO4.C9H8BrFN2O/c1-14-10-16(6-7-18(14)13-25-22(28)29-23(3,4)5)17-8-9-24-20(12-17)26-21(27)19-11-15(19)2;1-13-11-15(20-24-18(5,6)19(7,8)25-20)10-9-14(13)12-21-16(22)23-17(2,3)4;10-5-1-2-12-8(3-5)13-9(14)6-4-7(6)11/h6-10,12,15,19H,11,13H2,1-5H3,(H,25,28)(H,24,26,27);9-11H,12H2,1-8H3,(H,21,22);1-3,6-7H,4H2,(H,12,13,14)/t15-,19-;;6-,7-/m0.0/s1. The van der Waals surface area contributed by atoms with Gasteiger partial charge in [-0.05, 0) is 165 Å². The molecule has 1 aliphatic heterocycles. The highest BCUT2D eigenvalue weighted by atomic mass is 79.9. The van der Waals surface area contributed by atoms with Crippen LogP contribution in [0.15, 0.2) is 77.5 Å². The largest absolute Gasteiger partial charge is 0.494 e. The molecule has 17 heteroatoms. The maximum absolute atomic E-state index is 12.5. The SMILES string of the molecule is Cc1cc(-c2ccnc(NC(=O)[C@H]3C[C@@H]3C)c2)ccc1CNC(=O)OC(C)(C)C.Cc1cc(B2OC(C)(C)C(C)(C)O2)ccc1CNC(=O)OC(C)(C)C.O=C(Nc1cc(Br)ccn1)[C@H]1C[C@@H]1F. The molecular weight excluding hydrogens is 934 g/mol. The summed E-state index contributed by atoms with van der Waals surface area (Å²) in [6, 6.07) is 19.3. The van der Waals surface area contributed by atoms with Crippen molar-refractivity contribution < 1.29 is 42.4 Å². The predicted octanol–water partition coefficient (Wildman–Crippen LogP) is 10.1. The lowest BCUT2D eigenvalue weighted by Gasteiger charge is -2.32. The number of aryl methyl sites for hydroxylation is 2. The number of alkyl halides is 1. The van der Waals surface area contributed by atoms with Crippen molar-refractivity contribution in [3.05, 3.63) is 99.8 Å². The van der Waals surface area contributed by atoms with Gasteiger partial charge in [0.25, 0.3) is 0 Å². The minimum Gasteiger partial charge on any atom is -0.444 e. The number of hydrogen-bond acceptors (Lipinski definition) is 10. The third-order valence-electron chi connectivity index (χ3n) is 11.7. The number of halogens is 2. The Balaban J connectivity index is 0.000000201. The lowest BCUT2D eigenvalue weighted by atomic mass is 9.78. The molecule has 4 amide bonds. The minimum absolute atomic E-state index is 0.0434. The van der Waals surface area contributed by atoms with E-state index in [-0.39, 0.29) is 36.1 Å². The van der Waals surface area contributed by atoms with Gasteiger partial charge in [0.15, 0.2) is 0 Å². The fraction of sp³-hybridized carbons (Fsp3) is 0.490. The van der Waals surface area contributed by atoms with Crippen molar-refractivity contribution in [1.29, 1.82) is 0 Å². The zero-order valence-electron chi connectivity index (χ0n) is 41.6. The van der Waals surface area contributed by atoms with Crippen molar-refractivity contribution in [1.82, 2.24) is 20.6 Å². The van der Waals surface area contributed by atoms with Crippen LogP contribution in [0.5, 0.6) is 0 Å². The summed E-state index contributed by atoms with van der Waals surface area (Å²) >= 11 is 3.25. The van der Waals surface area contributed by atoms with Crippen molar-refractivity contribution >= 4 is 64.1 Å². The van der Waals surface area contributed by atoms with Gasteiger partial charge in [0.2, 0.25) is 11.8 Å². The van der Waals surface area contributed by atoms with E-state index < -0.39 is 35.5 Å². The van der Waals surface area contributed by atoms with Gasteiger partial charge in [-0.2, -0.15) is 0 Å². The van der Waals surface area contributed by atoms with E-state index in [1.165, 1.54) is 0 Å². The van der Waals surface area contributed by atoms with Gasteiger partial charge in [-0.1, -0.05) is 59.3 Å². The van der Waals surface area contributed by atoms with Crippen molar-refractivity contribution in [3.63, 3.8) is 0 Å². The molecule has 0 unspecified atom stereocenters. The van der Waals surface area contributed by atoms with Crippen molar-refractivity contribution in [2.24, 2.45) is 17.8 Å². The summed E-state index contributed by atoms with van der Waals surface area (Å²) < 4.78 is 36.1. The van der Waals surface area contributed by atoms with Gasteiger partial charge in [-0.15, -0.1) is 0 Å². The van der Waals surface area contributed by atoms with Crippen LogP contribution < -0.4 is 26.7 Å². The van der Waals surface area contributed by atoms with E-state index in [2.05, 4.69) is 60.2 Å². The molecule has 14 nitrogen and oxygen atoms in total. The van der Waals surface area contributed by atoms with Gasteiger partial charge in [0.05, 0.1) is 17.1 Å². The van der Waals surface area contributed by atoms with Gasteiger partial charge >= 0.3 is 19.3 Å². The monoisotopic (exact) mass is 1000 g/mol. The van der Waals surface area contributed by atoms with E-state index in [0.29, 0.717) is 37.1 Å². The summed E-state index contributed by atoms with van der Waals surface area (Å²) in [7, 11) is -0.378. The molecule has 2 aromatic heterocycles. The molecule has 0 spiro atoms. The van der Waals surface area contributed by atoms with Gasteiger partial charge in [0.1, 0.15) is 29.0 Å². The molecule has 2 aromatic carbocycles. The zero-order chi connectivity index (χ0) is 50.4. The highest BCUT2D eigenvalue weighted by molar-refractivity contribution is 9.10. The fourth-order valence-corrected chi connectivity index (χ4v) is 7.13. The van der Waals surface area contributed by atoms with E-state index in [0.717, 1.165) is 49.7 Å². The van der Waals surface area contributed by atoms with Crippen LogP contribution in [0.2, 0.25) is 0 Å². The first-order chi connectivity index (χ1) is 31.6. The van der Waals surface area contributed by atoms with Gasteiger partial charge < -0.3 is 40.0 Å². The van der Waals surface area contributed by atoms with Crippen LogP contribution in [-0.4, -0.2) is 69.7 Å². The van der Waals surface area contributed by atoms with E-state index in [4.69, 9.17) is 18.8 Å². The molecule has 3 fully saturated rings. The second-order valence-corrected chi connectivity index (χ2v) is 21.5. The Kier molecular flexibility index (Phi) is 17.3. The Hall–Kier alpha value is -5.39. The summed E-state index contributed by atoms with van der Waals surface area (Å²) in [5.74, 6) is 0.867. The number of aromatic nitrogens is 2. The molecule has 2 aliphatic carbocycles. The molecule has 7 rings (SSSR count). The van der Waals surface area contributed by atoms with Crippen LogP contribution in [0.3, 0.4) is 0 Å². The summed E-state index contributed by atoms with van der Waals surface area (Å²) in [6.45, 7) is 26.1. The first-order valence-corrected chi connectivity index (χ1v) is 23.7. The van der Waals surface area contributed by atoms with Crippen LogP contribution in [-0.2, 0) is 41.5 Å². The molecule has 3 aliphatic rings. The number of anilines is 2. The maximum Gasteiger partial charge on any atom is 0.494 e. The number of rotatable bonds is 10. The van der Waals surface area contributed by atoms with Crippen molar-refractivity contribution in [3.8, 4) is 11.1 Å². The fourth-order valence-electron chi connectivity index (χ4n) is 6.79. The van der Waals surface area contributed by atoms with E-state index in [9.17, 15) is 23.6 Å². The Morgan fingerprint density at radius 3 is 1.62 bits per heavy atom. The summed E-state index contributed by atoms with van der Waals surface area (Å²) in [6.07, 6.45) is 2.74. The number of alkyl carbamates (subject to hydrolysis) is 2. The molecule has 1 saturated heterocycles. The second-order valence-electron chi connectivity index (χ2n) is 20.6. The Labute approximate surface area is 409 Å². The van der Waals surface area contributed by atoms with Crippen LogP contribution >= 0.6 is 15.9 Å². The van der Waals surface area contributed by atoms with E-state index in [1.54, 1.807) is 24.5 Å². The summed E-state index contributed by atoms with van der Waals surface area (Å²) in [5, 5.41) is 11.0. The van der Waals surface area contributed by atoms with Crippen molar-refractivity contribution in [2.75, 3.05) is 10.6 Å². The molecule has 0 radical (unpaired) electrons. The predicted molar refractivity (Wildman–Crippen MR) is 267 cm³/mol. The number of ether oxygens (including phenoxy) is 2. The number of nitrogens with one attached hydrogen (secondary N) is 4. The highest BCUT2D eigenvalue weighted by Gasteiger charge is 2.51. The van der Waals surface area contributed by atoms with Crippen LogP contribution in [0.25, 0.3) is 11.1 Å². The quantitative estimate of drug-likeness (QED) is 0.112. The molecular formula is C51H67BBrFN6O8. The summed E-state index contributed by atoms with van der Waals surface area (Å²) in [5.41, 5.74) is 5.44. The first kappa shape index (κ1) is 53.6. The lowest BCUT2D eigenvalue weighted by Crippen LogP contribution is -2.41. The van der Waals surface area contributed by atoms with Gasteiger partial charge in [-0.25, -0.2) is 23.9 Å². The molecule has 2 saturated carbocycles. The average molecular weight is 1000 g/mol. The highest BCUT2D eigenvalue weighted by Crippen LogP contribution is 2.39. The van der Waals surface area contributed by atoms with Gasteiger partial charge in [0, 0.05) is 35.9 Å². The van der Waals surface area contributed by atoms with Gasteiger partial charge in [-0.3, -0.25) is 9.59 Å². The van der Waals surface area contributed by atoms with E-state index >= 15 is 0 Å². The Morgan fingerprint density at radius 2 is 1.16 bits per heavy atom. The third kappa shape index (κ3) is 16.1. The molecule has 4 N–H and O–H groups in total. The number of nitrogens with zero attached hydrogens (tertiary/aromatic N) is 2. The number of carbonyl (C=O) groups is 4. The topological polar surface area (TPSA) is 179 Å². The number of amides is 4. The number of benzene rings is 2. The van der Waals surface area contributed by atoms with Crippen molar-refractivity contribution in [2.45, 2.75) is 145 Å². The lowest BCUT2D eigenvalue weighted by molar-refractivity contribution is -0.118. The molecule has 366 valence electrons. The maximum atomic E-state index is 12.5. The Morgan fingerprint density at radius 1 is 0.706 bits per heavy atom. The molecule has 4 aromatic rings. The molecule has 3 heterocycles. The van der Waals surface area contributed by atoms with Crippen LogP contribution in [0.1, 0.15) is 111 Å². The molecule has 4 atom stereocenters. The Bertz CT molecular complexity index is 2440. The second kappa shape index (κ2) is 21.9. The minimum atomic E-state index is -0.970. The third-order valence-corrected chi connectivity index (χ3v) is 12.2. The summed E-state index contributed by atoms with van der Waals surface area (Å²) in [4.78, 5) is 55.3. The average Bonchev–Trinajstić information content (AvgIpc) is 4.13. The number of hydrogen-bond donors (Lipinski definition) is 4. The van der Waals surface area contributed by atoms with E-state index in [1.807, 2.05) is 126 Å².